The number of allylic oxidation sites excluding steroid dienone is 2. The van der Waals surface area contributed by atoms with Crippen LogP contribution in [-0.4, -0.2) is 29.8 Å². The molecule has 2 aromatic rings. The first-order chi connectivity index (χ1) is 12.2. The van der Waals surface area contributed by atoms with Gasteiger partial charge in [0, 0.05) is 19.1 Å². The minimum Gasteiger partial charge on any atom is -0.465 e. The molecule has 0 radical (unpaired) electrons. The van der Waals surface area contributed by atoms with Gasteiger partial charge < -0.3 is 4.74 Å². The van der Waals surface area contributed by atoms with Crippen LogP contribution in [0.1, 0.15) is 26.7 Å². The van der Waals surface area contributed by atoms with Crippen molar-refractivity contribution < 1.29 is 9.53 Å². The zero-order valence-electron chi connectivity index (χ0n) is 14.1. The predicted octanol–water partition coefficient (Wildman–Crippen LogP) is 4.04. The molecule has 3 rings (SSSR count). The van der Waals surface area contributed by atoms with Crippen molar-refractivity contribution in [3.05, 3.63) is 76.3 Å². The van der Waals surface area contributed by atoms with E-state index in [1.165, 1.54) is 24.0 Å². The maximum absolute atomic E-state index is 11.5. The van der Waals surface area contributed by atoms with Crippen LogP contribution in [0.15, 0.2) is 65.8 Å². The van der Waals surface area contributed by atoms with Crippen LogP contribution in [0.5, 0.6) is 0 Å². The predicted molar refractivity (Wildman–Crippen MR) is 101 cm³/mol. The van der Waals surface area contributed by atoms with Crippen molar-refractivity contribution in [2.45, 2.75) is 24.8 Å². The van der Waals surface area contributed by atoms with Crippen molar-refractivity contribution >= 4 is 23.5 Å². The largest absolute Gasteiger partial charge is 0.465 e. The summed E-state index contributed by atoms with van der Waals surface area (Å²) in [7, 11) is 1.37. The topological polar surface area (TPSA) is 51.5 Å². The van der Waals surface area contributed by atoms with Gasteiger partial charge in [-0.25, -0.2) is 9.78 Å². The summed E-state index contributed by atoms with van der Waals surface area (Å²) in [4.78, 5) is 21.2. The number of rotatable bonds is 6. The van der Waals surface area contributed by atoms with Crippen molar-refractivity contribution in [2.75, 3.05) is 7.11 Å². The first-order valence-electron chi connectivity index (χ1n) is 8.16. The Labute approximate surface area is 151 Å². The van der Waals surface area contributed by atoms with E-state index >= 15 is 0 Å². The molecule has 1 aromatic heterocycles. The van der Waals surface area contributed by atoms with Crippen LogP contribution in [-0.2, 0) is 17.6 Å². The first-order valence-corrected chi connectivity index (χ1v) is 8.97. The molecular formula is C20H20N2O2S. The van der Waals surface area contributed by atoms with Gasteiger partial charge in [-0.2, -0.15) is 0 Å². The third kappa shape index (κ3) is 4.51. The van der Waals surface area contributed by atoms with Crippen LogP contribution >= 0.6 is 11.3 Å². The average molecular weight is 352 g/mol. The van der Waals surface area contributed by atoms with Crippen molar-refractivity contribution in [3.8, 4) is 0 Å². The number of hydrogen-bond acceptors (Lipinski definition) is 5. The lowest BCUT2D eigenvalue weighted by molar-refractivity contribution is 0.0606. The minimum atomic E-state index is -0.346. The second-order valence-electron chi connectivity index (χ2n) is 5.88. The van der Waals surface area contributed by atoms with E-state index in [0.29, 0.717) is 11.3 Å². The van der Waals surface area contributed by atoms with Crippen LogP contribution in [0, 0.1) is 0 Å². The fraction of sp³-hybridized carbons (Fsp3) is 0.250. The molecule has 128 valence electrons. The number of carbonyl (C=O) groups is 1. The molecule has 0 fully saturated rings. The molecule has 0 spiro atoms. The lowest BCUT2D eigenvalue weighted by Gasteiger charge is -2.27. The van der Waals surface area contributed by atoms with Gasteiger partial charge in [0.2, 0.25) is 0 Å². The Bertz CT molecular complexity index is 808. The number of ether oxygens (including phenoxy) is 1. The lowest BCUT2D eigenvalue weighted by atomic mass is 9.85. The van der Waals surface area contributed by atoms with E-state index in [9.17, 15) is 4.79 Å². The van der Waals surface area contributed by atoms with Crippen LogP contribution in [0.4, 0.5) is 0 Å². The third-order valence-electron chi connectivity index (χ3n) is 4.03. The normalized spacial score (nSPS) is 19.4. The Hall–Kier alpha value is -2.53. The van der Waals surface area contributed by atoms with Crippen molar-refractivity contribution in [3.63, 3.8) is 0 Å². The standard InChI is InChI=1S/C20H20N2O2S/c1-24-19(23)17-15-21-18(25-17)10-13-22-20(11-6-3-7-12-20)14-16-8-4-2-5-9-16/h2-9,11,13,15H,10,12,14H2,1H3. The number of esters is 1. The molecule has 0 N–H and O–H groups in total. The van der Waals surface area contributed by atoms with E-state index < -0.39 is 0 Å². The zero-order valence-corrected chi connectivity index (χ0v) is 14.9. The van der Waals surface area contributed by atoms with Gasteiger partial charge in [-0.3, -0.25) is 4.99 Å². The minimum absolute atomic E-state index is 0.251. The van der Waals surface area contributed by atoms with Gasteiger partial charge in [-0.05, 0) is 12.0 Å². The van der Waals surface area contributed by atoms with E-state index in [2.05, 4.69) is 53.6 Å². The summed E-state index contributed by atoms with van der Waals surface area (Å²) in [5, 5.41) is 0.856. The second kappa shape index (κ2) is 8.03. The monoisotopic (exact) mass is 352 g/mol. The van der Waals surface area contributed by atoms with Gasteiger partial charge in [0.15, 0.2) is 0 Å². The van der Waals surface area contributed by atoms with E-state index in [1.54, 1.807) is 6.20 Å². The zero-order chi connectivity index (χ0) is 17.5. The molecule has 0 saturated carbocycles. The van der Waals surface area contributed by atoms with E-state index in [0.717, 1.165) is 17.8 Å². The Kier molecular flexibility index (Phi) is 5.56. The van der Waals surface area contributed by atoms with Crippen LogP contribution in [0.2, 0.25) is 0 Å². The molecule has 4 nitrogen and oxygen atoms in total. The number of nitrogens with zero attached hydrogens (tertiary/aromatic N) is 2. The van der Waals surface area contributed by atoms with Gasteiger partial charge in [0.05, 0.1) is 23.9 Å². The Morgan fingerprint density at radius 3 is 2.92 bits per heavy atom. The highest BCUT2D eigenvalue weighted by Gasteiger charge is 2.26. The van der Waals surface area contributed by atoms with E-state index in [4.69, 9.17) is 9.73 Å². The average Bonchev–Trinajstić information content (AvgIpc) is 3.11. The summed E-state index contributed by atoms with van der Waals surface area (Å²) in [6.07, 6.45) is 14.2. The molecule has 1 aliphatic rings. The highest BCUT2D eigenvalue weighted by molar-refractivity contribution is 7.13. The van der Waals surface area contributed by atoms with Crippen molar-refractivity contribution in [2.24, 2.45) is 4.99 Å². The SMILES string of the molecule is COC(=O)c1cnc(CC=NC2(Cc3ccccc3)C=CC=CC2)s1. The Morgan fingerprint density at radius 1 is 1.36 bits per heavy atom. The van der Waals surface area contributed by atoms with Crippen LogP contribution < -0.4 is 0 Å². The number of thiazole rings is 1. The summed E-state index contributed by atoms with van der Waals surface area (Å²) in [5.74, 6) is -0.346. The molecular weight excluding hydrogens is 332 g/mol. The fourth-order valence-corrected chi connectivity index (χ4v) is 3.57. The van der Waals surface area contributed by atoms with Crippen molar-refractivity contribution in [1.82, 2.24) is 4.98 Å². The highest BCUT2D eigenvalue weighted by Crippen LogP contribution is 2.27. The van der Waals surface area contributed by atoms with Gasteiger partial charge in [-0.15, -0.1) is 11.3 Å². The quantitative estimate of drug-likeness (QED) is 0.582. The molecule has 25 heavy (non-hydrogen) atoms. The molecule has 0 bridgehead atoms. The van der Waals surface area contributed by atoms with Gasteiger partial charge in [0.25, 0.3) is 0 Å². The number of aromatic nitrogens is 1. The number of carbonyl (C=O) groups excluding carboxylic acids is 1. The fourth-order valence-electron chi connectivity index (χ4n) is 2.78. The molecule has 1 heterocycles. The number of methoxy groups -OCH3 is 1. The summed E-state index contributed by atoms with van der Waals surface area (Å²) < 4.78 is 4.71. The number of aliphatic imine (C=N–C) groups is 1. The summed E-state index contributed by atoms with van der Waals surface area (Å²) in [5.41, 5.74) is 1.01. The molecule has 1 aromatic carbocycles. The number of hydrogen-bond donors (Lipinski definition) is 0. The van der Waals surface area contributed by atoms with E-state index in [1.807, 2.05) is 12.3 Å². The second-order valence-corrected chi connectivity index (χ2v) is 7.00. The summed E-state index contributed by atoms with van der Waals surface area (Å²) >= 11 is 1.35. The smallest absolute Gasteiger partial charge is 0.349 e. The Morgan fingerprint density at radius 2 is 2.20 bits per heavy atom. The first kappa shape index (κ1) is 17.3. The molecule has 0 aliphatic heterocycles. The van der Waals surface area contributed by atoms with Crippen LogP contribution in [0.25, 0.3) is 0 Å². The molecule has 0 saturated heterocycles. The van der Waals surface area contributed by atoms with Crippen LogP contribution in [0.3, 0.4) is 0 Å². The highest BCUT2D eigenvalue weighted by atomic mass is 32.1. The Balaban J connectivity index is 1.71. The number of benzene rings is 1. The molecule has 1 atom stereocenters. The lowest BCUT2D eigenvalue weighted by Crippen LogP contribution is -2.27. The van der Waals surface area contributed by atoms with Gasteiger partial charge >= 0.3 is 5.97 Å². The summed E-state index contributed by atoms with van der Waals surface area (Å²) in [6.45, 7) is 0. The van der Waals surface area contributed by atoms with Gasteiger partial charge in [0.1, 0.15) is 4.88 Å². The van der Waals surface area contributed by atoms with Gasteiger partial charge in [-0.1, -0.05) is 54.6 Å². The molecule has 1 aliphatic carbocycles. The van der Waals surface area contributed by atoms with Crippen molar-refractivity contribution in [1.29, 1.82) is 0 Å². The van der Waals surface area contributed by atoms with E-state index in [-0.39, 0.29) is 11.5 Å². The molecule has 0 amide bonds. The maximum atomic E-state index is 11.5. The summed E-state index contributed by atoms with van der Waals surface area (Å²) in [6, 6.07) is 10.4. The molecule has 5 heteroatoms. The molecule has 1 unspecified atom stereocenters. The maximum Gasteiger partial charge on any atom is 0.349 e. The third-order valence-corrected chi connectivity index (χ3v) is 5.03.